The first-order chi connectivity index (χ1) is 8.60. The Morgan fingerprint density at radius 2 is 2.05 bits per heavy atom. The molecular formula is C12H17FN2O4. The molecule has 0 bridgehead atoms. The second kappa shape index (κ2) is 4.68. The molecule has 0 aromatic carbocycles. The fourth-order valence-corrected chi connectivity index (χ4v) is 1.83. The van der Waals surface area contributed by atoms with Crippen LogP contribution in [-0.2, 0) is 14.3 Å². The maximum absolute atomic E-state index is 14.3. The van der Waals surface area contributed by atoms with E-state index in [2.05, 4.69) is 10.1 Å². The van der Waals surface area contributed by atoms with Crippen molar-refractivity contribution >= 4 is 12.1 Å². The lowest BCUT2D eigenvalue weighted by Gasteiger charge is -2.23. The highest BCUT2D eigenvalue weighted by Crippen LogP contribution is 2.54. The van der Waals surface area contributed by atoms with E-state index in [9.17, 15) is 14.0 Å². The van der Waals surface area contributed by atoms with Crippen LogP contribution < -0.4 is 5.32 Å². The monoisotopic (exact) mass is 272 g/mol. The van der Waals surface area contributed by atoms with Gasteiger partial charge in [0, 0.05) is 6.42 Å². The van der Waals surface area contributed by atoms with E-state index < -0.39 is 35.3 Å². The minimum Gasteiger partial charge on any atom is -0.467 e. The van der Waals surface area contributed by atoms with Crippen LogP contribution in [0.4, 0.5) is 9.18 Å². The molecule has 19 heavy (non-hydrogen) atoms. The summed E-state index contributed by atoms with van der Waals surface area (Å²) in [7, 11) is 1.09. The molecule has 0 aromatic heterocycles. The second-order valence-corrected chi connectivity index (χ2v) is 5.50. The Morgan fingerprint density at radius 1 is 1.47 bits per heavy atom. The minimum atomic E-state index is -2.11. The first-order valence-corrected chi connectivity index (χ1v) is 5.76. The van der Waals surface area contributed by atoms with Gasteiger partial charge in [-0.05, 0) is 20.8 Å². The molecule has 0 unspecified atom stereocenters. The summed E-state index contributed by atoms with van der Waals surface area (Å²) in [6.07, 6.45) is -1.72. The molecule has 6 nitrogen and oxygen atoms in total. The maximum atomic E-state index is 14.3. The van der Waals surface area contributed by atoms with Gasteiger partial charge in [-0.1, -0.05) is 0 Å². The van der Waals surface area contributed by atoms with Crippen LogP contribution in [-0.4, -0.2) is 36.0 Å². The number of rotatable bonds is 3. The minimum absolute atomic E-state index is 0.292. The van der Waals surface area contributed by atoms with E-state index in [0.29, 0.717) is 0 Å². The molecule has 1 rings (SSSR count). The molecule has 0 radical (unpaired) electrons. The van der Waals surface area contributed by atoms with Crippen LogP contribution in [0.5, 0.6) is 0 Å². The number of hydrogen-bond acceptors (Lipinski definition) is 5. The van der Waals surface area contributed by atoms with Crippen molar-refractivity contribution in [2.24, 2.45) is 0 Å². The Kier molecular flexibility index (Phi) is 3.75. The highest BCUT2D eigenvalue weighted by atomic mass is 19.1. The third-order valence-corrected chi connectivity index (χ3v) is 2.79. The number of methoxy groups -OCH3 is 1. The summed E-state index contributed by atoms with van der Waals surface area (Å²) in [5, 5.41) is 10.8. The highest BCUT2D eigenvalue weighted by molar-refractivity contribution is 5.92. The highest BCUT2D eigenvalue weighted by Gasteiger charge is 2.76. The van der Waals surface area contributed by atoms with Crippen LogP contribution in [0.15, 0.2) is 0 Å². The molecular weight excluding hydrogens is 255 g/mol. The van der Waals surface area contributed by atoms with Gasteiger partial charge >= 0.3 is 12.1 Å². The Bertz CT molecular complexity index is 440. The van der Waals surface area contributed by atoms with E-state index in [0.717, 1.165) is 7.11 Å². The van der Waals surface area contributed by atoms with Gasteiger partial charge in [0.2, 0.25) is 0 Å². The lowest BCUT2D eigenvalue weighted by atomic mass is 10.1. The third-order valence-electron chi connectivity index (χ3n) is 2.79. The summed E-state index contributed by atoms with van der Waals surface area (Å²) >= 11 is 0. The molecule has 0 spiro atoms. The van der Waals surface area contributed by atoms with Crippen molar-refractivity contribution in [1.29, 1.82) is 5.26 Å². The Balaban J connectivity index is 2.84. The summed E-state index contributed by atoms with van der Waals surface area (Å²) in [4.78, 5) is 23.3. The van der Waals surface area contributed by atoms with Crippen molar-refractivity contribution in [3.63, 3.8) is 0 Å². The van der Waals surface area contributed by atoms with Gasteiger partial charge in [0.05, 0.1) is 19.6 Å². The Morgan fingerprint density at radius 3 is 2.47 bits per heavy atom. The largest absolute Gasteiger partial charge is 0.467 e. The van der Waals surface area contributed by atoms with Crippen molar-refractivity contribution in [2.45, 2.75) is 50.4 Å². The van der Waals surface area contributed by atoms with Crippen LogP contribution in [0.25, 0.3) is 0 Å². The average molecular weight is 272 g/mol. The second-order valence-electron chi connectivity index (χ2n) is 5.50. The predicted molar refractivity (Wildman–Crippen MR) is 62.8 cm³/mol. The summed E-state index contributed by atoms with van der Waals surface area (Å²) in [6, 6.07) is 1.65. The van der Waals surface area contributed by atoms with E-state index >= 15 is 0 Å². The first-order valence-electron chi connectivity index (χ1n) is 5.76. The lowest BCUT2D eigenvalue weighted by molar-refractivity contribution is -0.145. The number of amides is 1. The van der Waals surface area contributed by atoms with Crippen LogP contribution in [0.2, 0.25) is 0 Å². The van der Waals surface area contributed by atoms with Crippen LogP contribution >= 0.6 is 0 Å². The van der Waals surface area contributed by atoms with Crippen molar-refractivity contribution in [1.82, 2.24) is 5.32 Å². The Labute approximate surface area is 110 Å². The number of halogens is 1. The smallest absolute Gasteiger partial charge is 0.408 e. The maximum Gasteiger partial charge on any atom is 0.408 e. The molecule has 1 amide bonds. The summed E-state index contributed by atoms with van der Waals surface area (Å²) in [5.41, 5.74) is -4.70. The average Bonchev–Trinajstić information content (AvgIpc) is 2.80. The zero-order chi connectivity index (χ0) is 14.9. The standard InChI is InChI=1S/C12H17FN2O4/c1-10(2,3)19-9(17)15-12(8(16)18-4)7-11(12,13)5-6-14/h5,7H2,1-4H3,(H,15,17)/t11-,12+/m0/s1. The molecule has 0 aromatic rings. The molecule has 0 saturated heterocycles. The molecule has 1 fully saturated rings. The fourth-order valence-electron chi connectivity index (χ4n) is 1.83. The number of alkyl carbamates (subject to hydrolysis) is 1. The predicted octanol–water partition coefficient (Wildman–Crippen LogP) is 1.45. The summed E-state index contributed by atoms with van der Waals surface area (Å²) in [6.45, 7) is 4.92. The number of carbonyl (C=O) groups excluding carboxylic acids is 2. The zero-order valence-electron chi connectivity index (χ0n) is 11.4. The molecule has 106 valence electrons. The van der Waals surface area contributed by atoms with Gasteiger partial charge in [-0.15, -0.1) is 0 Å². The normalized spacial score (nSPS) is 29.1. The van der Waals surface area contributed by atoms with Gasteiger partial charge < -0.3 is 14.8 Å². The van der Waals surface area contributed by atoms with E-state index in [1.165, 1.54) is 0 Å². The molecule has 1 N–H and O–H groups in total. The van der Waals surface area contributed by atoms with Crippen LogP contribution in [0.3, 0.4) is 0 Å². The van der Waals surface area contributed by atoms with Crippen molar-refractivity contribution < 1.29 is 23.5 Å². The number of hydrogen-bond donors (Lipinski definition) is 1. The number of ether oxygens (including phenoxy) is 2. The van der Waals surface area contributed by atoms with Crippen molar-refractivity contribution in [3.05, 3.63) is 0 Å². The van der Waals surface area contributed by atoms with E-state index in [1.54, 1.807) is 26.8 Å². The van der Waals surface area contributed by atoms with Gasteiger partial charge in [0.25, 0.3) is 0 Å². The van der Waals surface area contributed by atoms with Crippen molar-refractivity contribution in [3.8, 4) is 6.07 Å². The first kappa shape index (κ1) is 15.2. The molecule has 1 aliphatic rings. The quantitative estimate of drug-likeness (QED) is 0.785. The molecule has 1 aliphatic carbocycles. The summed E-state index contributed by atoms with van der Waals surface area (Å²) in [5.74, 6) is -0.920. The molecule has 1 saturated carbocycles. The van der Waals surface area contributed by atoms with Gasteiger partial charge in [0.15, 0.2) is 11.2 Å². The number of nitrogens with one attached hydrogen (secondary N) is 1. The van der Waals surface area contributed by atoms with E-state index in [4.69, 9.17) is 10.00 Å². The van der Waals surface area contributed by atoms with Gasteiger partial charge in [-0.25, -0.2) is 14.0 Å². The zero-order valence-corrected chi connectivity index (χ0v) is 11.4. The number of nitrogens with zero attached hydrogens (tertiary/aromatic N) is 1. The molecule has 0 heterocycles. The Hall–Kier alpha value is -1.84. The number of nitriles is 1. The van der Waals surface area contributed by atoms with Crippen molar-refractivity contribution in [2.75, 3.05) is 7.11 Å². The molecule has 0 aliphatic heterocycles. The van der Waals surface area contributed by atoms with Crippen LogP contribution in [0.1, 0.15) is 33.6 Å². The number of alkyl halides is 1. The van der Waals surface area contributed by atoms with Gasteiger partial charge in [0.1, 0.15) is 5.60 Å². The molecule has 7 heteroatoms. The topological polar surface area (TPSA) is 88.4 Å². The third kappa shape index (κ3) is 2.95. The van der Waals surface area contributed by atoms with Crippen LogP contribution in [0, 0.1) is 11.3 Å². The van der Waals surface area contributed by atoms with Gasteiger partial charge in [-0.2, -0.15) is 5.26 Å². The summed E-state index contributed by atoms with van der Waals surface area (Å²) < 4.78 is 23.7. The number of esters is 1. The number of carbonyl (C=O) groups is 2. The van der Waals surface area contributed by atoms with Gasteiger partial charge in [-0.3, -0.25) is 0 Å². The SMILES string of the molecule is COC(=O)[C@]1(NC(=O)OC(C)(C)C)C[C@@]1(F)CC#N. The van der Waals surface area contributed by atoms with E-state index in [1.807, 2.05) is 0 Å². The van der Waals surface area contributed by atoms with E-state index in [-0.39, 0.29) is 6.42 Å². The fraction of sp³-hybridized carbons (Fsp3) is 0.750. The lowest BCUT2D eigenvalue weighted by Crippen LogP contribution is -2.50. The molecule has 2 atom stereocenters.